The number of para-hydroxylation sites is 1. The highest BCUT2D eigenvalue weighted by atomic mass is 19.1. The molecule has 0 unspecified atom stereocenters. The Kier molecular flexibility index (Phi) is 5.20. The summed E-state index contributed by atoms with van der Waals surface area (Å²) in [5.41, 5.74) is 5.44. The van der Waals surface area contributed by atoms with E-state index in [1.54, 1.807) is 12.1 Å². The lowest BCUT2D eigenvalue weighted by Gasteiger charge is -2.46. The molecule has 4 heteroatoms. The predicted octanol–water partition coefficient (Wildman–Crippen LogP) is 6.50. The van der Waals surface area contributed by atoms with Crippen LogP contribution < -0.4 is 9.80 Å². The number of amides is 1. The van der Waals surface area contributed by atoms with E-state index in [-0.39, 0.29) is 11.7 Å². The van der Waals surface area contributed by atoms with Crippen molar-refractivity contribution in [3.05, 3.63) is 131 Å². The highest BCUT2D eigenvalue weighted by molar-refractivity contribution is 6.12. The first-order chi connectivity index (χ1) is 15.6. The van der Waals surface area contributed by atoms with Gasteiger partial charge < -0.3 is 4.90 Å². The van der Waals surface area contributed by atoms with Crippen molar-refractivity contribution >= 4 is 17.3 Å². The molecule has 0 N–H and O–H groups in total. The molecule has 0 fully saturated rings. The van der Waals surface area contributed by atoms with Gasteiger partial charge in [-0.15, -0.1) is 0 Å². The molecule has 1 aliphatic heterocycles. The SMILES string of the molecule is Cc1ccc(N2C(=O)c3ccccc3N(Cc3ccccc3)[C@H]2c2ccc(F)cc2)cc1. The monoisotopic (exact) mass is 422 g/mol. The first kappa shape index (κ1) is 20.0. The van der Waals surface area contributed by atoms with Gasteiger partial charge >= 0.3 is 0 Å². The molecule has 0 aliphatic carbocycles. The second-order valence-electron chi connectivity index (χ2n) is 8.07. The van der Waals surface area contributed by atoms with E-state index in [0.29, 0.717) is 12.1 Å². The number of carbonyl (C=O) groups excluding carboxylic acids is 1. The van der Waals surface area contributed by atoms with E-state index in [4.69, 9.17) is 0 Å². The number of rotatable bonds is 4. The van der Waals surface area contributed by atoms with E-state index < -0.39 is 6.17 Å². The number of halogens is 1. The van der Waals surface area contributed by atoms with Crippen LogP contribution in [-0.2, 0) is 6.54 Å². The molecule has 0 aromatic heterocycles. The zero-order valence-corrected chi connectivity index (χ0v) is 17.8. The number of aryl methyl sites for hydroxylation is 1. The van der Waals surface area contributed by atoms with E-state index in [2.05, 4.69) is 17.0 Å². The molecule has 4 aromatic rings. The molecule has 5 rings (SSSR count). The summed E-state index contributed by atoms with van der Waals surface area (Å²) >= 11 is 0. The normalized spacial score (nSPS) is 15.6. The van der Waals surface area contributed by atoms with Gasteiger partial charge in [0.15, 0.2) is 0 Å². The quantitative estimate of drug-likeness (QED) is 0.375. The Hall–Kier alpha value is -3.92. The van der Waals surface area contributed by atoms with Crippen molar-refractivity contribution in [1.29, 1.82) is 0 Å². The van der Waals surface area contributed by atoms with Crippen molar-refractivity contribution in [2.24, 2.45) is 0 Å². The van der Waals surface area contributed by atoms with Crippen LogP contribution in [0.4, 0.5) is 15.8 Å². The van der Waals surface area contributed by atoms with Gasteiger partial charge in [-0.1, -0.05) is 72.3 Å². The number of anilines is 2. The molecule has 32 heavy (non-hydrogen) atoms. The van der Waals surface area contributed by atoms with Crippen molar-refractivity contribution in [1.82, 2.24) is 0 Å². The molecular formula is C28H23FN2O. The van der Waals surface area contributed by atoms with Crippen LogP contribution in [0.15, 0.2) is 103 Å². The summed E-state index contributed by atoms with van der Waals surface area (Å²) in [5.74, 6) is -0.365. The van der Waals surface area contributed by atoms with Crippen LogP contribution >= 0.6 is 0 Å². The van der Waals surface area contributed by atoms with E-state index in [1.807, 2.05) is 78.6 Å². The Morgan fingerprint density at radius 3 is 2.16 bits per heavy atom. The molecule has 1 heterocycles. The zero-order chi connectivity index (χ0) is 22.1. The summed E-state index contributed by atoms with van der Waals surface area (Å²) in [6.07, 6.45) is -0.416. The molecule has 0 saturated heterocycles. The second-order valence-corrected chi connectivity index (χ2v) is 8.07. The summed E-state index contributed by atoms with van der Waals surface area (Å²) in [6, 6.07) is 32.3. The van der Waals surface area contributed by atoms with Gasteiger partial charge in [0.1, 0.15) is 12.0 Å². The zero-order valence-electron chi connectivity index (χ0n) is 17.8. The van der Waals surface area contributed by atoms with Gasteiger partial charge in [-0.3, -0.25) is 9.69 Å². The van der Waals surface area contributed by atoms with Gasteiger partial charge in [0.25, 0.3) is 5.91 Å². The predicted molar refractivity (Wildman–Crippen MR) is 126 cm³/mol. The van der Waals surface area contributed by atoms with Crippen molar-refractivity contribution < 1.29 is 9.18 Å². The number of hydrogen-bond donors (Lipinski definition) is 0. The van der Waals surface area contributed by atoms with E-state index in [9.17, 15) is 9.18 Å². The van der Waals surface area contributed by atoms with E-state index in [0.717, 1.165) is 28.1 Å². The number of fused-ring (bicyclic) bond motifs is 1. The summed E-state index contributed by atoms with van der Waals surface area (Å²) < 4.78 is 13.8. The molecule has 4 aromatic carbocycles. The Morgan fingerprint density at radius 1 is 0.781 bits per heavy atom. The maximum atomic E-state index is 13.8. The maximum absolute atomic E-state index is 13.8. The highest BCUT2D eigenvalue weighted by Crippen LogP contribution is 2.42. The first-order valence-corrected chi connectivity index (χ1v) is 10.7. The lowest BCUT2D eigenvalue weighted by Crippen LogP contribution is -2.49. The van der Waals surface area contributed by atoms with Gasteiger partial charge in [0.2, 0.25) is 0 Å². The number of nitrogens with zero attached hydrogens (tertiary/aromatic N) is 2. The van der Waals surface area contributed by atoms with Gasteiger partial charge in [0.05, 0.1) is 11.3 Å². The molecule has 1 atom stereocenters. The van der Waals surface area contributed by atoms with Crippen LogP contribution in [0.1, 0.15) is 33.2 Å². The molecule has 0 bridgehead atoms. The van der Waals surface area contributed by atoms with Crippen LogP contribution in [0, 0.1) is 12.7 Å². The average molecular weight is 423 g/mol. The minimum absolute atomic E-state index is 0.0666. The van der Waals surface area contributed by atoms with Gasteiger partial charge in [-0.25, -0.2) is 4.39 Å². The Balaban J connectivity index is 1.72. The molecule has 1 aliphatic rings. The Morgan fingerprint density at radius 2 is 1.44 bits per heavy atom. The van der Waals surface area contributed by atoms with Crippen LogP contribution in [0.25, 0.3) is 0 Å². The smallest absolute Gasteiger partial charge is 0.262 e. The fraction of sp³-hybridized carbons (Fsp3) is 0.107. The van der Waals surface area contributed by atoms with E-state index >= 15 is 0 Å². The third-order valence-electron chi connectivity index (χ3n) is 5.88. The van der Waals surface area contributed by atoms with Gasteiger partial charge in [-0.05, 0) is 54.4 Å². The van der Waals surface area contributed by atoms with Crippen molar-refractivity contribution in [2.75, 3.05) is 9.80 Å². The number of carbonyl (C=O) groups is 1. The third-order valence-corrected chi connectivity index (χ3v) is 5.88. The second kappa shape index (κ2) is 8.31. The highest BCUT2D eigenvalue weighted by Gasteiger charge is 2.39. The van der Waals surface area contributed by atoms with E-state index in [1.165, 1.54) is 12.1 Å². The molecular weight excluding hydrogens is 399 g/mol. The number of benzene rings is 4. The van der Waals surface area contributed by atoms with Crippen LogP contribution in [0.5, 0.6) is 0 Å². The largest absolute Gasteiger partial charge is 0.342 e. The number of hydrogen-bond acceptors (Lipinski definition) is 2. The van der Waals surface area contributed by atoms with Crippen molar-refractivity contribution in [3.8, 4) is 0 Å². The molecule has 0 radical (unpaired) electrons. The minimum atomic E-state index is -0.416. The Bertz CT molecular complexity index is 1240. The molecule has 3 nitrogen and oxygen atoms in total. The van der Waals surface area contributed by atoms with Gasteiger partial charge in [0, 0.05) is 12.2 Å². The molecule has 0 saturated carbocycles. The molecule has 0 spiro atoms. The van der Waals surface area contributed by atoms with Crippen LogP contribution in [0.3, 0.4) is 0 Å². The summed E-state index contributed by atoms with van der Waals surface area (Å²) in [4.78, 5) is 17.8. The van der Waals surface area contributed by atoms with Crippen molar-refractivity contribution in [3.63, 3.8) is 0 Å². The average Bonchev–Trinajstić information content (AvgIpc) is 2.83. The summed E-state index contributed by atoms with van der Waals surface area (Å²) in [5, 5.41) is 0. The molecule has 1 amide bonds. The first-order valence-electron chi connectivity index (χ1n) is 10.7. The van der Waals surface area contributed by atoms with Crippen LogP contribution in [0.2, 0.25) is 0 Å². The Labute approximate surface area is 187 Å². The molecule has 158 valence electrons. The minimum Gasteiger partial charge on any atom is -0.342 e. The summed E-state index contributed by atoms with van der Waals surface area (Å²) in [6.45, 7) is 2.63. The standard InChI is InChI=1S/C28H23FN2O/c1-20-11-17-24(18-12-20)31-27(22-13-15-23(29)16-14-22)30(19-21-7-3-2-4-8-21)26-10-6-5-9-25(26)28(31)32/h2-18,27H,19H2,1H3/t27-/m1/s1. The fourth-order valence-electron chi connectivity index (χ4n) is 4.30. The lowest BCUT2D eigenvalue weighted by atomic mass is 9.99. The van der Waals surface area contributed by atoms with Crippen LogP contribution in [-0.4, -0.2) is 5.91 Å². The van der Waals surface area contributed by atoms with Gasteiger partial charge in [-0.2, -0.15) is 0 Å². The fourth-order valence-corrected chi connectivity index (χ4v) is 4.30. The topological polar surface area (TPSA) is 23.6 Å². The summed E-state index contributed by atoms with van der Waals surface area (Å²) in [7, 11) is 0. The maximum Gasteiger partial charge on any atom is 0.262 e. The third kappa shape index (κ3) is 3.65. The lowest BCUT2D eigenvalue weighted by molar-refractivity contribution is 0.0968. The van der Waals surface area contributed by atoms with Crippen molar-refractivity contribution in [2.45, 2.75) is 19.6 Å².